The van der Waals surface area contributed by atoms with Crippen molar-refractivity contribution >= 4 is 11.9 Å². The Morgan fingerprint density at radius 2 is 0.909 bits per heavy atom. The van der Waals surface area contributed by atoms with Crippen LogP contribution >= 0.6 is 0 Å². The quantitative estimate of drug-likeness (QED) is 0.169. The summed E-state index contributed by atoms with van der Waals surface area (Å²) in [6.07, 6.45) is 23.8. The van der Waals surface area contributed by atoms with Gasteiger partial charge in [-0.15, -0.1) is 0 Å². The van der Waals surface area contributed by atoms with Gasteiger partial charge in [-0.2, -0.15) is 0 Å². The van der Waals surface area contributed by atoms with Crippen LogP contribution in [-0.2, 0) is 0 Å². The van der Waals surface area contributed by atoms with E-state index in [1.807, 2.05) is 0 Å². The van der Waals surface area contributed by atoms with Gasteiger partial charge in [-0.25, -0.2) is 9.59 Å². The first-order valence-electron chi connectivity index (χ1n) is 13.3. The molecular weight excluding hydrogens is 416 g/mol. The van der Waals surface area contributed by atoms with Crippen molar-refractivity contribution in [3.63, 3.8) is 0 Å². The number of unbranched alkanes of at least 4 members (excludes halogenated alkanes) is 17. The van der Waals surface area contributed by atoms with Crippen molar-refractivity contribution in [2.24, 2.45) is 0 Å². The molecule has 0 unspecified atom stereocenters. The normalized spacial score (nSPS) is 10.9. The van der Waals surface area contributed by atoms with E-state index < -0.39 is 11.9 Å². The number of carbonyl (C=O) groups is 2. The minimum absolute atomic E-state index is 0.0669. The van der Waals surface area contributed by atoms with E-state index in [-0.39, 0.29) is 11.1 Å². The van der Waals surface area contributed by atoms with Crippen LogP contribution in [0.25, 0.3) is 0 Å². The van der Waals surface area contributed by atoms with Crippen LogP contribution in [0.2, 0.25) is 0 Å². The molecule has 0 amide bonds. The summed E-state index contributed by atoms with van der Waals surface area (Å²) in [4.78, 5) is 22.3. The molecule has 0 aromatic heterocycles. The minimum Gasteiger partial charge on any atom is -0.494 e. The Morgan fingerprint density at radius 3 is 1.24 bits per heavy atom. The first-order chi connectivity index (χ1) is 16.0. The van der Waals surface area contributed by atoms with Crippen molar-refractivity contribution in [2.75, 3.05) is 6.61 Å². The molecule has 0 saturated heterocycles. The smallest absolute Gasteiger partial charge is 0.335 e. The van der Waals surface area contributed by atoms with Crippen LogP contribution in [0.5, 0.6) is 5.75 Å². The average molecular weight is 463 g/mol. The molecule has 0 fully saturated rings. The molecule has 0 heterocycles. The SMILES string of the molecule is CCCCCCCCCCCCCCCCCCCCOc1cc(C(=O)O)cc(C(=O)O)c1. The molecule has 5 nitrogen and oxygen atoms in total. The third kappa shape index (κ3) is 15.4. The number of hydrogen-bond donors (Lipinski definition) is 2. The topological polar surface area (TPSA) is 83.8 Å². The molecule has 1 rings (SSSR count). The van der Waals surface area contributed by atoms with E-state index in [1.54, 1.807) is 0 Å². The summed E-state index contributed by atoms with van der Waals surface area (Å²) in [6, 6.07) is 3.90. The summed E-state index contributed by atoms with van der Waals surface area (Å²) < 4.78 is 5.59. The Hall–Kier alpha value is -2.04. The molecule has 188 valence electrons. The van der Waals surface area contributed by atoms with Crippen LogP contribution in [0, 0.1) is 0 Å². The van der Waals surface area contributed by atoms with Crippen molar-refractivity contribution in [1.82, 2.24) is 0 Å². The predicted molar refractivity (Wildman–Crippen MR) is 135 cm³/mol. The lowest BCUT2D eigenvalue weighted by atomic mass is 10.0. The lowest BCUT2D eigenvalue weighted by molar-refractivity contribution is 0.0696. The summed E-state index contributed by atoms with van der Waals surface area (Å²) >= 11 is 0. The van der Waals surface area contributed by atoms with Gasteiger partial charge < -0.3 is 14.9 Å². The fourth-order valence-electron chi connectivity index (χ4n) is 4.12. The third-order valence-corrected chi connectivity index (χ3v) is 6.17. The Labute approximate surface area is 200 Å². The molecule has 0 saturated carbocycles. The zero-order chi connectivity index (χ0) is 24.2. The molecule has 0 bridgehead atoms. The maximum atomic E-state index is 11.1. The molecule has 5 heteroatoms. The second-order valence-electron chi connectivity index (χ2n) is 9.22. The summed E-state index contributed by atoms with van der Waals surface area (Å²) in [5.41, 5.74) is -0.134. The number of carboxylic acid groups (broad SMARTS) is 2. The van der Waals surface area contributed by atoms with Gasteiger partial charge in [0.05, 0.1) is 17.7 Å². The molecule has 0 aliphatic carbocycles. The maximum Gasteiger partial charge on any atom is 0.335 e. The molecule has 0 radical (unpaired) electrons. The van der Waals surface area contributed by atoms with Crippen LogP contribution in [0.4, 0.5) is 0 Å². The van der Waals surface area contributed by atoms with Gasteiger partial charge in [-0.1, -0.05) is 116 Å². The van der Waals surface area contributed by atoms with Gasteiger partial charge in [0.15, 0.2) is 0 Å². The van der Waals surface area contributed by atoms with Crippen molar-refractivity contribution in [2.45, 2.75) is 122 Å². The zero-order valence-corrected chi connectivity index (χ0v) is 20.8. The number of hydrogen-bond acceptors (Lipinski definition) is 3. The van der Waals surface area contributed by atoms with Gasteiger partial charge in [-0.05, 0) is 24.6 Å². The minimum atomic E-state index is -1.16. The molecule has 1 aromatic rings. The van der Waals surface area contributed by atoms with Crippen LogP contribution in [0.15, 0.2) is 18.2 Å². The van der Waals surface area contributed by atoms with E-state index in [9.17, 15) is 9.59 Å². The number of carboxylic acids is 2. The van der Waals surface area contributed by atoms with Crippen molar-refractivity contribution in [3.05, 3.63) is 29.3 Å². The largest absolute Gasteiger partial charge is 0.494 e. The van der Waals surface area contributed by atoms with Crippen molar-refractivity contribution in [3.8, 4) is 5.75 Å². The van der Waals surface area contributed by atoms with Gasteiger partial charge >= 0.3 is 11.9 Å². The van der Waals surface area contributed by atoms with Crippen molar-refractivity contribution in [1.29, 1.82) is 0 Å². The van der Waals surface area contributed by atoms with Gasteiger partial charge in [-0.3, -0.25) is 0 Å². The fraction of sp³-hybridized carbons (Fsp3) is 0.714. The van der Waals surface area contributed by atoms with Crippen molar-refractivity contribution < 1.29 is 24.5 Å². The first-order valence-corrected chi connectivity index (χ1v) is 13.3. The monoisotopic (exact) mass is 462 g/mol. The molecular formula is C28H46O5. The van der Waals surface area contributed by atoms with E-state index in [2.05, 4.69) is 6.92 Å². The molecule has 0 spiro atoms. The Morgan fingerprint density at radius 1 is 0.576 bits per heavy atom. The highest BCUT2D eigenvalue weighted by molar-refractivity contribution is 5.94. The van der Waals surface area contributed by atoms with E-state index in [0.29, 0.717) is 12.4 Å². The molecule has 1 aromatic carbocycles. The Balaban J connectivity index is 1.92. The second kappa shape index (κ2) is 19.4. The van der Waals surface area contributed by atoms with Crippen LogP contribution < -0.4 is 4.74 Å². The standard InChI is InChI=1S/C28H46O5/c1-2-3-4-5-6-7-8-9-10-11-12-13-14-15-16-17-18-19-20-33-26-22-24(27(29)30)21-25(23-26)28(31)32/h21-23H,2-20H2,1H3,(H,29,30)(H,31,32). The van der Waals surface area contributed by atoms with Crippen LogP contribution in [-0.4, -0.2) is 28.8 Å². The highest BCUT2D eigenvalue weighted by Gasteiger charge is 2.12. The fourth-order valence-corrected chi connectivity index (χ4v) is 4.12. The Bertz CT molecular complexity index is 623. The number of rotatable bonds is 22. The zero-order valence-electron chi connectivity index (χ0n) is 20.8. The summed E-state index contributed by atoms with van der Waals surface area (Å²) in [5, 5.41) is 18.2. The summed E-state index contributed by atoms with van der Waals surface area (Å²) in [6.45, 7) is 2.74. The Kier molecular flexibility index (Phi) is 17.1. The number of benzene rings is 1. The molecule has 0 aliphatic rings. The molecule has 0 atom stereocenters. The second-order valence-corrected chi connectivity index (χ2v) is 9.22. The van der Waals surface area contributed by atoms with Crippen LogP contribution in [0.3, 0.4) is 0 Å². The predicted octanol–water partition coefficient (Wildman–Crippen LogP) is 8.50. The highest BCUT2D eigenvalue weighted by atomic mass is 16.5. The molecule has 2 N–H and O–H groups in total. The molecule has 33 heavy (non-hydrogen) atoms. The van der Waals surface area contributed by atoms with E-state index in [1.165, 1.54) is 115 Å². The third-order valence-electron chi connectivity index (χ3n) is 6.17. The molecule has 0 aliphatic heterocycles. The van der Waals surface area contributed by atoms with Gasteiger partial charge in [0, 0.05) is 0 Å². The van der Waals surface area contributed by atoms with E-state index in [4.69, 9.17) is 14.9 Å². The van der Waals surface area contributed by atoms with Gasteiger partial charge in [0.25, 0.3) is 0 Å². The lowest BCUT2D eigenvalue weighted by Crippen LogP contribution is -2.05. The lowest BCUT2D eigenvalue weighted by Gasteiger charge is -2.08. The van der Waals surface area contributed by atoms with Gasteiger partial charge in [0.2, 0.25) is 0 Å². The van der Waals surface area contributed by atoms with E-state index in [0.717, 1.165) is 18.9 Å². The number of ether oxygens (including phenoxy) is 1. The number of aromatic carboxylic acids is 2. The highest BCUT2D eigenvalue weighted by Crippen LogP contribution is 2.19. The maximum absolute atomic E-state index is 11.1. The van der Waals surface area contributed by atoms with Crippen LogP contribution in [0.1, 0.15) is 143 Å². The first kappa shape index (κ1) is 29.0. The average Bonchev–Trinajstić information content (AvgIpc) is 2.80. The summed E-state index contributed by atoms with van der Waals surface area (Å²) in [7, 11) is 0. The summed E-state index contributed by atoms with van der Waals surface area (Å²) in [5.74, 6) is -2.01. The van der Waals surface area contributed by atoms with E-state index >= 15 is 0 Å². The van der Waals surface area contributed by atoms with Gasteiger partial charge in [0.1, 0.15) is 5.75 Å².